The summed E-state index contributed by atoms with van der Waals surface area (Å²) < 4.78 is 38.4. The van der Waals surface area contributed by atoms with Crippen molar-refractivity contribution in [3.63, 3.8) is 0 Å². The van der Waals surface area contributed by atoms with Crippen LogP contribution in [0.5, 0.6) is 0 Å². The molecule has 0 saturated carbocycles. The van der Waals surface area contributed by atoms with Gasteiger partial charge in [-0.25, -0.2) is 0 Å². The Morgan fingerprint density at radius 3 is 2.50 bits per heavy atom. The number of carbonyl (C=O) groups excluding carboxylic acids is 1. The predicted octanol–water partition coefficient (Wildman–Crippen LogP) is 4.26. The van der Waals surface area contributed by atoms with Crippen LogP contribution in [0.15, 0.2) is 30.0 Å². The van der Waals surface area contributed by atoms with E-state index in [1.165, 1.54) is 6.08 Å². The number of anilines is 1. The predicted molar refractivity (Wildman–Crippen MR) is 75.9 cm³/mol. The molecule has 0 spiro atoms. The van der Waals surface area contributed by atoms with E-state index >= 15 is 0 Å². The fourth-order valence-electron chi connectivity index (χ4n) is 2.52. The highest BCUT2D eigenvalue weighted by Gasteiger charge is 2.32. The molecule has 0 saturated heterocycles. The Labute approximate surface area is 126 Å². The van der Waals surface area contributed by atoms with Crippen LogP contribution < -0.4 is 5.32 Å². The maximum atomic E-state index is 12.8. The van der Waals surface area contributed by atoms with Gasteiger partial charge in [0.25, 0.3) is 0 Å². The van der Waals surface area contributed by atoms with Crippen molar-refractivity contribution in [2.24, 2.45) is 5.41 Å². The molecule has 0 bridgehead atoms. The summed E-state index contributed by atoms with van der Waals surface area (Å²) in [6.07, 6.45) is -2.17. The number of alkyl halides is 3. The Bertz CT molecular complexity index is 682. The van der Waals surface area contributed by atoms with Gasteiger partial charge in [-0.05, 0) is 30.0 Å². The van der Waals surface area contributed by atoms with Crippen molar-refractivity contribution in [3.05, 3.63) is 41.1 Å². The van der Waals surface area contributed by atoms with Crippen LogP contribution >= 0.6 is 0 Å². The number of rotatable bonds is 2. The van der Waals surface area contributed by atoms with Gasteiger partial charge >= 0.3 is 6.18 Å². The van der Waals surface area contributed by atoms with Crippen LogP contribution in [-0.4, -0.2) is 5.78 Å². The van der Waals surface area contributed by atoms with E-state index in [4.69, 9.17) is 5.26 Å². The average Bonchev–Trinajstić information content (AvgIpc) is 2.35. The molecule has 0 fully saturated rings. The Morgan fingerprint density at radius 1 is 1.27 bits per heavy atom. The minimum absolute atomic E-state index is 0.0640. The smallest absolute Gasteiger partial charge is 0.358 e. The van der Waals surface area contributed by atoms with Crippen LogP contribution in [0.1, 0.15) is 37.8 Å². The van der Waals surface area contributed by atoms with Gasteiger partial charge in [-0.15, -0.1) is 0 Å². The standard InChI is InChI=1S/C16H15F3N2O/c1-15(2)7-12(6-13(22)8-15)21-14-5-11(16(17,18)19)4-3-10(14)9-20/h3-6,21H,7-8H2,1-2H3. The van der Waals surface area contributed by atoms with Crippen molar-refractivity contribution in [1.29, 1.82) is 5.26 Å². The SMILES string of the molecule is CC1(C)CC(=O)C=C(Nc2cc(C(F)(F)F)ccc2C#N)C1. The van der Waals surface area contributed by atoms with Crippen molar-refractivity contribution in [3.8, 4) is 6.07 Å². The molecule has 0 aromatic heterocycles. The molecule has 0 heterocycles. The van der Waals surface area contributed by atoms with E-state index in [9.17, 15) is 18.0 Å². The van der Waals surface area contributed by atoms with Crippen LogP contribution in [0.3, 0.4) is 0 Å². The lowest BCUT2D eigenvalue weighted by molar-refractivity contribution is -0.137. The van der Waals surface area contributed by atoms with Gasteiger partial charge in [-0.3, -0.25) is 4.79 Å². The average molecular weight is 308 g/mol. The van der Waals surface area contributed by atoms with Crippen molar-refractivity contribution in [1.82, 2.24) is 0 Å². The molecule has 22 heavy (non-hydrogen) atoms. The molecular weight excluding hydrogens is 293 g/mol. The Hall–Kier alpha value is -2.29. The zero-order chi connectivity index (χ0) is 16.5. The maximum absolute atomic E-state index is 12.8. The number of halogens is 3. The zero-order valence-electron chi connectivity index (χ0n) is 12.2. The fraction of sp³-hybridized carbons (Fsp3) is 0.375. The number of benzene rings is 1. The van der Waals surface area contributed by atoms with Gasteiger partial charge < -0.3 is 5.32 Å². The summed E-state index contributed by atoms with van der Waals surface area (Å²) >= 11 is 0. The normalized spacial score (nSPS) is 17.6. The lowest BCUT2D eigenvalue weighted by Crippen LogP contribution is -2.24. The molecule has 0 aliphatic heterocycles. The second kappa shape index (κ2) is 5.48. The topological polar surface area (TPSA) is 52.9 Å². The molecule has 0 amide bonds. The first-order valence-corrected chi connectivity index (χ1v) is 6.72. The second-order valence-corrected chi connectivity index (χ2v) is 6.15. The third-order valence-corrected chi connectivity index (χ3v) is 3.42. The quantitative estimate of drug-likeness (QED) is 0.888. The Morgan fingerprint density at radius 2 is 1.95 bits per heavy atom. The number of nitriles is 1. The van der Waals surface area contributed by atoms with Crippen molar-refractivity contribution >= 4 is 11.5 Å². The number of allylic oxidation sites excluding steroid dienone is 2. The monoisotopic (exact) mass is 308 g/mol. The minimum atomic E-state index is -4.49. The van der Waals surface area contributed by atoms with Crippen molar-refractivity contribution < 1.29 is 18.0 Å². The van der Waals surface area contributed by atoms with E-state index < -0.39 is 11.7 Å². The first-order chi connectivity index (χ1) is 10.1. The molecule has 3 nitrogen and oxygen atoms in total. The van der Waals surface area contributed by atoms with E-state index in [1.54, 1.807) is 0 Å². The molecule has 116 valence electrons. The number of carbonyl (C=O) groups is 1. The molecule has 1 aliphatic rings. The molecule has 2 rings (SSSR count). The molecule has 1 N–H and O–H groups in total. The highest BCUT2D eigenvalue weighted by molar-refractivity contribution is 5.92. The van der Waals surface area contributed by atoms with E-state index in [1.807, 2.05) is 19.9 Å². The summed E-state index contributed by atoms with van der Waals surface area (Å²) in [5.41, 5.74) is -0.408. The summed E-state index contributed by atoms with van der Waals surface area (Å²) in [4.78, 5) is 11.7. The molecule has 0 atom stereocenters. The molecule has 6 heteroatoms. The Balaban J connectivity index is 2.37. The molecular formula is C16H15F3N2O. The first-order valence-electron chi connectivity index (χ1n) is 6.72. The number of hydrogen-bond donors (Lipinski definition) is 1. The number of hydrogen-bond acceptors (Lipinski definition) is 3. The van der Waals surface area contributed by atoms with E-state index in [2.05, 4.69) is 5.32 Å². The van der Waals surface area contributed by atoms with Gasteiger partial charge in [0.15, 0.2) is 5.78 Å². The summed E-state index contributed by atoms with van der Waals surface area (Å²) in [6, 6.07) is 4.74. The third kappa shape index (κ3) is 3.67. The lowest BCUT2D eigenvalue weighted by Gasteiger charge is -2.29. The number of ketones is 1. The van der Waals surface area contributed by atoms with Crippen LogP contribution in [-0.2, 0) is 11.0 Å². The van der Waals surface area contributed by atoms with Crippen LogP contribution in [0.25, 0.3) is 0 Å². The van der Waals surface area contributed by atoms with E-state index in [0.29, 0.717) is 18.5 Å². The van der Waals surface area contributed by atoms with Gasteiger partial charge in [0.2, 0.25) is 0 Å². The highest BCUT2D eigenvalue weighted by Crippen LogP contribution is 2.36. The number of nitrogens with zero attached hydrogens (tertiary/aromatic N) is 1. The molecule has 0 radical (unpaired) electrons. The van der Waals surface area contributed by atoms with Gasteiger partial charge in [0.1, 0.15) is 6.07 Å². The minimum Gasteiger partial charge on any atom is -0.358 e. The highest BCUT2D eigenvalue weighted by atomic mass is 19.4. The Kier molecular flexibility index (Phi) is 4.01. The summed E-state index contributed by atoms with van der Waals surface area (Å²) in [6.45, 7) is 3.83. The van der Waals surface area contributed by atoms with Crippen LogP contribution in [0.2, 0.25) is 0 Å². The van der Waals surface area contributed by atoms with Gasteiger partial charge in [0, 0.05) is 18.2 Å². The second-order valence-electron chi connectivity index (χ2n) is 6.15. The molecule has 1 aliphatic carbocycles. The molecule has 1 aromatic carbocycles. The molecule has 1 aromatic rings. The first kappa shape index (κ1) is 16.1. The summed E-state index contributed by atoms with van der Waals surface area (Å²) in [5, 5.41) is 11.9. The van der Waals surface area contributed by atoms with Crippen molar-refractivity contribution in [2.75, 3.05) is 5.32 Å². The number of nitrogens with one attached hydrogen (secondary N) is 1. The lowest BCUT2D eigenvalue weighted by atomic mass is 9.79. The maximum Gasteiger partial charge on any atom is 0.416 e. The summed E-state index contributed by atoms with van der Waals surface area (Å²) in [7, 11) is 0. The van der Waals surface area contributed by atoms with Gasteiger partial charge in [-0.2, -0.15) is 18.4 Å². The molecule has 0 unspecified atom stereocenters. The zero-order valence-corrected chi connectivity index (χ0v) is 12.2. The van der Waals surface area contributed by atoms with Crippen LogP contribution in [0, 0.1) is 16.7 Å². The van der Waals surface area contributed by atoms with Gasteiger partial charge in [0.05, 0.1) is 16.8 Å². The third-order valence-electron chi connectivity index (χ3n) is 3.42. The van der Waals surface area contributed by atoms with E-state index in [-0.39, 0.29) is 22.4 Å². The largest absolute Gasteiger partial charge is 0.416 e. The van der Waals surface area contributed by atoms with E-state index in [0.717, 1.165) is 18.2 Å². The summed E-state index contributed by atoms with van der Waals surface area (Å²) in [5.74, 6) is -0.0794. The van der Waals surface area contributed by atoms with Gasteiger partial charge in [-0.1, -0.05) is 13.8 Å². The van der Waals surface area contributed by atoms with Crippen molar-refractivity contribution in [2.45, 2.75) is 32.9 Å². The fourth-order valence-corrected chi connectivity index (χ4v) is 2.52. The van der Waals surface area contributed by atoms with Crippen LogP contribution in [0.4, 0.5) is 18.9 Å².